The maximum Gasteiger partial charge on any atom is 0.245 e. The van der Waals surface area contributed by atoms with E-state index < -0.39 is 28.5 Å². The van der Waals surface area contributed by atoms with E-state index in [1.807, 2.05) is 30.3 Å². The molecule has 0 bridgehead atoms. The zero-order valence-electron chi connectivity index (χ0n) is 17.8. The zero-order valence-corrected chi connectivity index (χ0v) is 20.2. The lowest BCUT2D eigenvalue weighted by molar-refractivity contribution is -0.121. The molecule has 33 heavy (non-hydrogen) atoms. The van der Waals surface area contributed by atoms with Crippen LogP contribution in [0.25, 0.3) is 0 Å². The Morgan fingerprint density at radius 3 is 2.36 bits per heavy atom. The van der Waals surface area contributed by atoms with E-state index >= 15 is 0 Å². The van der Waals surface area contributed by atoms with Gasteiger partial charge in [-0.2, -0.15) is 4.31 Å². The van der Waals surface area contributed by atoms with Crippen LogP contribution in [0.4, 0.5) is 4.39 Å². The van der Waals surface area contributed by atoms with Crippen LogP contribution in [-0.2, 0) is 21.2 Å². The Labute approximate surface area is 203 Å². The van der Waals surface area contributed by atoms with Gasteiger partial charge in [-0.3, -0.25) is 4.79 Å². The largest absolute Gasteiger partial charge is 0.348 e. The van der Waals surface area contributed by atoms with Crippen LogP contribution in [0.1, 0.15) is 24.1 Å². The molecule has 5 nitrogen and oxygen atoms in total. The van der Waals surface area contributed by atoms with Gasteiger partial charge in [-0.25, -0.2) is 12.8 Å². The number of rotatable bonds is 9. The number of nitrogens with zero attached hydrogens (tertiary/aromatic N) is 1. The van der Waals surface area contributed by atoms with Gasteiger partial charge in [0.1, 0.15) is 10.7 Å². The van der Waals surface area contributed by atoms with Gasteiger partial charge in [-0.05, 0) is 54.8 Å². The Morgan fingerprint density at radius 1 is 1.03 bits per heavy atom. The molecule has 0 saturated carbocycles. The molecule has 0 aliphatic heterocycles. The van der Waals surface area contributed by atoms with Gasteiger partial charge in [0.05, 0.1) is 17.6 Å². The Morgan fingerprint density at radius 2 is 1.70 bits per heavy atom. The Kier molecular flexibility index (Phi) is 8.48. The summed E-state index contributed by atoms with van der Waals surface area (Å²) in [7, 11) is -4.12. The third-order valence-electron chi connectivity index (χ3n) is 5.07. The molecule has 0 heterocycles. The highest BCUT2D eigenvalue weighted by molar-refractivity contribution is 7.89. The fourth-order valence-electron chi connectivity index (χ4n) is 3.28. The molecular weight excluding hydrogens is 486 g/mol. The number of hydrogen-bond acceptors (Lipinski definition) is 3. The van der Waals surface area contributed by atoms with Crippen LogP contribution < -0.4 is 5.32 Å². The smallest absolute Gasteiger partial charge is 0.245 e. The van der Waals surface area contributed by atoms with E-state index in [9.17, 15) is 17.6 Å². The fourth-order valence-corrected chi connectivity index (χ4v) is 5.41. The Balaban J connectivity index is 1.82. The first-order valence-electron chi connectivity index (χ1n) is 10.2. The molecule has 0 saturated heterocycles. The van der Waals surface area contributed by atoms with Gasteiger partial charge < -0.3 is 5.32 Å². The number of amides is 1. The zero-order chi connectivity index (χ0) is 24.0. The maximum atomic E-state index is 13.4. The summed E-state index contributed by atoms with van der Waals surface area (Å²) in [5.74, 6) is -0.879. The summed E-state index contributed by atoms with van der Waals surface area (Å²) in [6.45, 7) is 1.39. The molecule has 9 heteroatoms. The van der Waals surface area contributed by atoms with Crippen LogP contribution >= 0.6 is 23.2 Å². The highest BCUT2D eigenvalue weighted by Gasteiger charge is 2.29. The minimum Gasteiger partial charge on any atom is -0.348 e. The summed E-state index contributed by atoms with van der Waals surface area (Å²) in [4.78, 5) is 12.6. The van der Waals surface area contributed by atoms with E-state index in [0.29, 0.717) is 12.0 Å². The average Bonchev–Trinajstić information content (AvgIpc) is 2.79. The maximum absolute atomic E-state index is 13.4. The highest BCUT2D eigenvalue weighted by Crippen LogP contribution is 2.28. The predicted molar refractivity (Wildman–Crippen MR) is 128 cm³/mol. The summed E-state index contributed by atoms with van der Waals surface area (Å²) in [5.41, 5.74) is 1.62. The fraction of sp³-hybridized carbons (Fsp3) is 0.208. The second-order valence-electron chi connectivity index (χ2n) is 7.49. The summed E-state index contributed by atoms with van der Waals surface area (Å²) >= 11 is 12.2. The molecule has 0 aromatic heterocycles. The number of carbonyl (C=O) groups excluding carboxylic acids is 1. The van der Waals surface area contributed by atoms with Crippen molar-refractivity contribution in [2.24, 2.45) is 0 Å². The first kappa shape index (κ1) is 25.2. The van der Waals surface area contributed by atoms with Gasteiger partial charge >= 0.3 is 0 Å². The number of benzene rings is 3. The predicted octanol–water partition coefficient (Wildman–Crippen LogP) is 5.24. The summed E-state index contributed by atoms with van der Waals surface area (Å²) in [5, 5.41) is 3.00. The van der Waals surface area contributed by atoms with Crippen molar-refractivity contribution >= 4 is 39.1 Å². The highest BCUT2D eigenvalue weighted by atomic mass is 35.5. The summed E-state index contributed by atoms with van der Waals surface area (Å²) < 4.78 is 41.1. The van der Waals surface area contributed by atoms with Crippen molar-refractivity contribution in [1.29, 1.82) is 0 Å². The number of halogens is 3. The minimum absolute atomic E-state index is 0.0178. The summed E-state index contributed by atoms with van der Waals surface area (Å²) in [6.07, 6.45) is 0.402. The van der Waals surface area contributed by atoms with Gasteiger partial charge in [0.15, 0.2) is 0 Å². The monoisotopic (exact) mass is 508 g/mol. The van der Waals surface area contributed by atoms with Crippen molar-refractivity contribution in [1.82, 2.24) is 9.62 Å². The van der Waals surface area contributed by atoms with Crippen molar-refractivity contribution in [2.75, 3.05) is 13.1 Å². The molecule has 0 fully saturated rings. The topological polar surface area (TPSA) is 66.5 Å². The molecule has 3 rings (SSSR count). The Bertz CT molecular complexity index is 1210. The number of carbonyl (C=O) groups is 1. The number of hydrogen-bond donors (Lipinski definition) is 1. The molecule has 0 radical (unpaired) electrons. The minimum atomic E-state index is -4.12. The van der Waals surface area contributed by atoms with E-state index in [0.717, 1.165) is 9.87 Å². The molecule has 3 aromatic rings. The normalized spacial score (nSPS) is 12.5. The lowest BCUT2D eigenvalue weighted by Gasteiger charge is -2.24. The van der Waals surface area contributed by atoms with Gasteiger partial charge in [0, 0.05) is 11.6 Å². The molecule has 0 unspecified atom stereocenters. The van der Waals surface area contributed by atoms with Crippen LogP contribution in [0.5, 0.6) is 0 Å². The molecule has 0 spiro atoms. The van der Waals surface area contributed by atoms with Crippen LogP contribution in [0, 0.1) is 5.82 Å². The van der Waals surface area contributed by atoms with E-state index in [4.69, 9.17) is 23.2 Å². The quantitative estimate of drug-likeness (QED) is 0.429. The van der Waals surface area contributed by atoms with E-state index in [2.05, 4.69) is 5.32 Å². The van der Waals surface area contributed by atoms with Crippen molar-refractivity contribution in [3.63, 3.8) is 0 Å². The van der Waals surface area contributed by atoms with Gasteiger partial charge in [-0.15, -0.1) is 0 Å². The first-order chi connectivity index (χ1) is 15.7. The van der Waals surface area contributed by atoms with E-state index in [1.54, 1.807) is 19.1 Å². The lowest BCUT2D eigenvalue weighted by Crippen LogP contribution is -2.42. The molecular formula is C24H23Cl2FN2O3S. The molecule has 3 aromatic carbocycles. The van der Waals surface area contributed by atoms with Crippen LogP contribution in [-0.4, -0.2) is 31.7 Å². The van der Waals surface area contributed by atoms with Crippen LogP contribution in [0.3, 0.4) is 0 Å². The summed E-state index contributed by atoms with van der Waals surface area (Å²) in [6, 6.07) is 18.8. The third-order valence-corrected chi connectivity index (χ3v) is 7.63. The molecule has 1 amide bonds. The second kappa shape index (κ2) is 11.1. The molecule has 1 atom stereocenters. The van der Waals surface area contributed by atoms with Gasteiger partial charge in [0.2, 0.25) is 15.9 Å². The first-order valence-corrected chi connectivity index (χ1v) is 12.4. The van der Waals surface area contributed by atoms with Crippen molar-refractivity contribution < 1.29 is 17.6 Å². The van der Waals surface area contributed by atoms with Crippen molar-refractivity contribution in [3.8, 4) is 0 Å². The average molecular weight is 509 g/mol. The van der Waals surface area contributed by atoms with Gasteiger partial charge in [0.25, 0.3) is 0 Å². The molecule has 0 aliphatic rings. The van der Waals surface area contributed by atoms with Crippen LogP contribution in [0.15, 0.2) is 77.7 Å². The second-order valence-corrected chi connectivity index (χ2v) is 10.2. The van der Waals surface area contributed by atoms with Gasteiger partial charge in [-0.1, -0.05) is 65.7 Å². The number of sulfonamides is 1. The molecule has 174 valence electrons. The third kappa shape index (κ3) is 6.77. The van der Waals surface area contributed by atoms with E-state index in [1.165, 1.54) is 30.3 Å². The van der Waals surface area contributed by atoms with Crippen molar-refractivity contribution in [3.05, 3.63) is 99.8 Å². The number of nitrogens with one attached hydrogen (secondary N) is 1. The standard InChI is InChI=1S/C24H23Cl2FN2O3S/c1-17(19-7-10-21(27)11-8-19)28-24(30)16-29(14-13-18-5-3-2-4-6-18)33(31,32)23-15-20(25)9-12-22(23)26/h2-12,15,17H,13-14,16H2,1H3,(H,28,30)/t17-/m1/s1. The Hall–Kier alpha value is -2.45. The molecule has 0 aliphatic carbocycles. The van der Waals surface area contributed by atoms with Crippen molar-refractivity contribution in [2.45, 2.75) is 24.3 Å². The van der Waals surface area contributed by atoms with Crippen LogP contribution in [0.2, 0.25) is 10.0 Å². The SMILES string of the molecule is C[C@@H](NC(=O)CN(CCc1ccccc1)S(=O)(=O)c1cc(Cl)ccc1Cl)c1ccc(F)cc1. The lowest BCUT2D eigenvalue weighted by atomic mass is 10.1. The molecule has 1 N–H and O–H groups in total. The van der Waals surface area contributed by atoms with E-state index in [-0.39, 0.29) is 27.3 Å².